The minimum absolute atomic E-state index is 0.139. The third-order valence-corrected chi connectivity index (χ3v) is 3.71. The largest absolute Gasteiger partial charge is 0.484 e. The molecule has 136 valence electrons. The number of benzene rings is 1. The van der Waals surface area contributed by atoms with E-state index in [2.05, 4.69) is 10.3 Å². The predicted octanol–water partition coefficient (Wildman–Crippen LogP) is 3.40. The fraction of sp³-hybridized carbons (Fsp3) is 0.412. The van der Waals surface area contributed by atoms with Crippen LogP contribution in [-0.2, 0) is 4.79 Å². The van der Waals surface area contributed by atoms with Crippen LogP contribution in [0.2, 0.25) is 0 Å². The van der Waals surface area contributed by atoms with Crippen molar-refractivity contribution >= 4 is 12.1 Å². The van der Waals surface area contributed by atoms with E-state index in [0.29, 0.717) is 0 Å². The van der Waals surface area contributed by atoms with Crippen LogP contribution in [0.15, 0.2) is 41.0 Å². The molecule has 1 aliphatic rings. The van der Waals surface area contributed by atoms with Gasteiger partial charge >= 0.3 is 6.18 Å². The van der Waals surface area contributed by atoms with E-state index in [9.17, 15) is 18.0 Å². The van der Waals surface area contributed by atoms with Crippen molar-refractivity contribution < 1.29 is 22.7 Å². The van der Waals surface area contributed by atoms with Gasteiger partial charge in [-0.2, -0.15) is 13.2 Å². The topological polar surface area (TPSA) is 53.9 Å². The van der Waals surface area contributed by atoms with Crippen molar-refractivity contribution in [2.75, 3.05) is 6.61 Å². The van der Waals surface area contributed by atoms with Crippen molar-refractivity contribution in [2.45, 2.75) is 39.3 Å². The molecule has 5 nitrogen and oxygen atoms in total. The summed E-state index contributed by atoms with van der Waals surface area (Å²) in [5, 5.41) is 2.74. The maximum Gasteiger partial charge on any atom is 0.422 e. The smallest absolute Gasteiger partial charge is 0.422 e. The average molecular weight is 355 g/mol. The summed E-state index contributed by atoms with van der Waals surface area (Å²) in [4.78, 5) is 17.5. The summed E-state index contributed by atoms with van der Waals surface area (Å²) in [6.45, 7) is 3.82. The first kappa shape index (κ1) is 18.8. The fourth-order valence-electron chi connectivity index (χ4n) is 2.58. The van der Waals surface area contributed by atoms with Gasteiger partial charge in [-0.25, -0.2) is 4.99 Å². The van der Waals surface area contributed by atoms with E-state index >= 15 is 0 Å². The molecule has 1 aromatic rings. The lowest BCUT2D eigenvalue weighted by molar-refractivity contribution is -0.153. The highest BCUT2D eigenvalue weighted by molar-refractivity contribution is 5.76. The molecule has 1 N–H and O–H groups in total. The number of allylic oxidation sites excluding steroid dienone is 2. The zero-order valence-corrected chi connectivity index (χ0v) is 14.2. The molecule has 8 heteroatoms. The Hall–Kier alpha value is -2.51. The third-order valence-electron chi connectivity index (χ3n) is 3.71. The van der Waals surface area contributed by atoms with Crippen LogP contribution >= 0.6 is 0 Å². The van der Waals surface area contributed by atoms with Gasteiger partial charge in [0.15, 0.2) is 12.9 Å². The molecule has 2 unspecified atom stereocenters. The van der Waals surface area contributed by atoms with Crippen LogP contribution in [0.25, 0.3) is 0 Å². The molecule has 25 heavy (non-hydrogen) atoms. The minimum Gasteiger partial charge on any atom is -0.484 e. The Morgan fingerprint density at radius 3 is 2.80 bits per heavy atom. The molecule has 0 aromatic heterocycles. The molecule has 1 aliphatic heterocycles. The first-order valence-corrected chi connectivity index (χ1v) is 7.72. The molecule has 0 saturated heterocycles. The van der Waals surface area contributed by atoms with Crippen molar-refractivity contribution in [1.82, 2.24) is 10.2 Å². The van der Waals surface area contributed by atoms with Gasteiger partial charge in [0.1, 0.15) is 5.75 Å². The average Bonchev–Trinajstić information content (AvgIpc) is 2.52. The van der Waals surface area contributed by atoms with Gasteiger partial charge in [0.05, 0.1) is 6.04 Å². The Bertz CT molecular complexity index is 686. The van der Waals surface area contributed by atoms with Gasteiger partial charge in [-0.3, -0.25) is 4.79 Å². The van der Waals surface area contributed by atoms with Gasteiger partial charge in [0.25, 0.3) is 0 Å². The standard InChI is InChI=1S/C17H20F3N3O2/c1-11-7-8-21-16(22-13(3)24)23(11)12(2)14-5-4-6-15(9-14)25-10-17(18,19)20/h4-9,12,16H,10H2,1-3H3,(H,22,24). The van der Waals surface area contributed by atoms with Crippen LogP contribution in [0.4, 0.5) is 13.2 Å². The van der Waals surface area contributed by atoms with Crippen LogP contribution in [0, 0.1) is 0 Å². The number of nitrogens with zero attached hydrogens (tertiary/aromatic N) is 2. The van der Waals surface area contributed by atoms with Crippen molar-refractivity contribution in [1.29, 1.82) is 0 Å². The monoisotopic (exact) mass is 355 g/mol. The molecular formula is C17H20F3N3O2. The van der Waals surface area contributed by atoms with Gasteiger partial charge in [-0.05, 0) is 37.6 Å². The lowest BCUT2D eigenvalue weighted by Crippen LogP contribution is -2.47. The zero-order valence-electron chi connectivity index (χ0n) is 14.2. The first-order chi connectivity index (χ1) is 11.7. The van der Waals surface area contributed by atoms with E-state index in [-0.39, 0.29) is 17.7 Å². The summed E-state index contributed by atoms with van der Waals surface area (Å²) in [7, 11) is 0. The molecule has 0 fully saturated rings. The van der Waals surface area contributed by atoms with Gasteiger partial charge in [0, 0.05) is 18.8 Å². The number of ether oxygens (including phenoxy) is 1. The van der Waals surface area contributed by atoms with Crippen molar-refractivity contribution in [3.8, 4) is 5.75 Å². The Kier molecular flexibility index (Phi) is 5.71. The predicted molar refractivity (Wildman–Crippen MR) is 88.1 cm³/mol. The number of rotatable bonds is 5. The van der Waals surface area contributed by atoms with Gasteiger partial charge < -0.3 is 15.0 Å². The number of carbonyl (C=O) groups is 1. The molecule has 1 aromatic carbocycles. The van der Waals surface area contributed by atoms with Crippen LogP contribution in [0.5, 0.6) is 5.75 Å². The summed E-state index contributed by atoms with van der Waals surface area (Å²) < 4.78 is 41.8. The second-order valence-corrected chi connectivity index (χ2v) is 5.74. The van der Waals surface area contributed by atoms with E-state index in [4.69, 9.17) is 4.74 Å². The lowest BCUT2D eigenvalue weighted by Gasteiger charge is -2.38. The molecule has 0 radical (unpaired) electrons. The number of halogens is 3. The maximum absolute atomic E-state index is 12.3. The molecule has 0 spiro atoms. The first-order valence-electron chi connectivity index (χ1n) is 7.72. The second-order valence-electron chi connectivity index (χ2n) is 5.74. The Labute approximate surface area is 144 Å². The van der Waals surface area contributed by atoms with Crippen LogP contribution in [-0.4, -0.2) is 36.1 Å². The zero-order chi connectivity index (χ0) is 18.6. The van der Waals surface area contributed by atoms with E-state index in [1.165, 1.54) is 13.0 Å². The maximum atomic E-state index is 12.3. The molecule has 1 amide bonds. The van der Waals surface area contributed by atoms with Gasteiger partial charge in [-0.1, -0.05) is 12.1 Å². The van der Waals surface area contributed by atoms with E-state index < -0.39 is 19.1 Å². The molecular weight excluding hydrogens is 335 g/mol. The Morgan fingerprint density at radius 2 is 2.16 bits per heavy atom. The normalized spacial score (nSPS) is 18.6. The SMILES string of the molecule is CC(=O)NC1N=CC=C(C)N1C(C)c1cccc(OCC(F)(F)F)c1. The molecule has 2 atom stereocenters. The van der Waals surface area contributed by atoms with Crippen LogP contribution in [0.1, 0.15) is 32.4 Å². The number of aliphatic imine (C=N–C) groups is 1. The molecule has 1 heterocycles. The summed E-state index contributed by atoms with van der Waals surface area (Å²) in [5.74, 6) is -0.0868. The Balaban J connectivity index is 2.20. The highest BCUT2D eigenvalue weighted by atomic mass is 19.4. The van der Waals surface area contributed by atoms with Crippen LogP contribution < -0.4 is 10.1 Å². The lowest BCUT2D eigenvalue weighted by atomic mass is 10.1. The molecule has 2 rings (SSSR count). The number of alkyl halides is 3. The second kappa shape index (κ2) is 7.58. The molecule has 0 aliphatic carbocycles. The summed E-state index contributed by atoms with van der Waals surface area (Å²) in [6.07, 6.45) is -1.54. The quantitative estimate of drug-likeness (QED) is 0.881. The summed E-state index contributed by atoms with van der Waals surface area (Å²) >= 11 is 0. The van der Waals surface area contributed by atoms with Crippen LogP contribution in [0.3, 0.4) is 0 Å². The summed E-state index contributed by atoms with van der Waals surface area (Å²) in [5.41, 5.74) is 1.63. The van der Waals surface area contributed by atoms with Gasteiger partial charge in [-0.15, -0.1) is 0 Å². The van der Waals surface area contributed by atoms with E-state index in [1.807, 2.05) is 18.7 Å². The van der Waals surface area contributed by atoms with E-state index in [1.54, 1.807) is 30.5 Å². The number of amides is 1. The van der Waals surface area contributed by atoms with Crippen molar-refractivity contribution in [2.24, 2.45) is 4.99 Å². The summed E-state index contributed by atoms with van der Waals surface area (Å²) in [6, 6.07) is 6.23. The third kappa shape index (κ3) is 5.23. The number of nitrogens with one attached hydrogen (secondary N) is 1. The molecule has 0 saturated carbocycles. The highest BCUT2D eigenvalue weighted by Gasteiger charge is 2.29. The van der Waals surface area contributed by atoms with Gasteiger partial charge in [0.2, 0.25) is 5.91 Å². The highest BCUT2D eigenvalue weighted by Crippen LogP contribution is 2.30. The molecule has 0 bridgehead atoms. The number of hydrogen-bond acceptors (Lipinski definition) is 4. The number of hydrogen-bond donors (Lipinski definition) is 1. The van der Waals surface area contributed by atoms with E-state index in [0.717, 1.165) is 11.3 Å². The minimum atomic E-state index is -4.39. The Morgan fingerprint density at radius 1 is 1.44 bits per heavy atom. The fourth-order valence-corrected chi connectivity index (χ4v) is 2.58. The van der Waals surface area contributed by atoms with Crippen molar-refractivity contribution in [3.05, 3.63) is 41.6 Å². The van der Waals surface area contributed by atoms with Crippen molar-refractivity contribution in [3.63, 3.8) is 0 Å². The number of carbonyl (C=O) groups excluding carboxylic acids is 1.